The number of hydrogen-bond acceptors (Lipinski definition) is 0. The summed E-state index contributed by atoms with van der Waals surface area (Å²) in [4.78, 5) is 7.52. The van der Waals surface area contributed by atoms with Gasteiger partial charge in [-0.1, -0.05) is 60.7 Å². The van der Waals surface area contributed by atoms with Crippen LogP contribution in [0.1, 0.15) is 42.9 Å². The van der Waals surface area contributed by atoms with E-state index >= 15 is 0 Å². The summed E-state index contributed by atoms with van der Waals surface area (Å²) in [5.41, 5.74) is 2.34. The largest absolute Gasteiger partial charge is 0.313 e. The van der Waals surface area contributed by atoms with Crippen LogP contribution in [0.15, 0.2) is 60.7 Å². The Bertz CT molecular complexity index is 650. The van der Waals surface area contributed by atoms with Gasteiger partial charge in [0, 0.05) is 24.8 Å². The van der Waals surface area contributed by atoms with Gasteiger partial charge in [-0.25, -0.2) is 13.1 Å². The van der Waals surface area contributed by atoms with Gasteiger partial charge in [-0.2, -0.15) is 0 Å². The zero-order valence-corrected chi connectivity index (χ0v) is 13.4. The maximum Gasteiger partial charge on any atom is 0.248 e. The third-order valence-corrected chi connectivity index (χ3v) is 4.10. The fourth-order valence-corrected chi connectivity index (χ4v) is 2.80. The van der Waals surface area contributed by atoms with E-state index in [1.165, 1.54) is 5.56 Å². The zero-order chi connectivity index (χ0) is 16.3. The third kappa shape index (κ3) is 5.61. The summed E-state index contributed by atoms with van der Waals surface area (Å²) in [6.07, 6.45) is 4.64. The van der Waals surface area contributed by atoms with Crippen LogP contribution in [-0.2, 0) is 6.42 Å². The van der Waals surface area contributed by atoms with Crippen molar-refractivity contribution in [3.05, 3.63) is 94.6 Å². The Morgan fingerprint density at radius 3 is 1.96 bits per heavy atom. The molecule has 2 unspecified atom stereocenters. The van der Waals surface area contributed by atoms with Crippen molar-refractivity contribution in [3.8, 4) is 0 Å². The van der Waals surface area contributed by atoms with Crippen molar-refractivity contribution in [2.75, 3.05) is 0 Å². The quantitative estimate of drug-likeness (QED) is 0.434. The Kier molecular flexibility index (Phi) is 6.89. The molecular formula is C21H22N2. The van der Waals surface area contributed by atoms with E-state index in [2.05, 4.69) is 21.8 Å². The highest BCUT2D eigenvalue weighted by atomic mass is 14.7. The van der Waals surface area contributed by atoms with Crippen LogP contribution in [0, 0.1) is 13.1 Å². The summed E-state index contributed by atoms with van der Waals surface area (Å²) in [6, 6.07) is 20.2. The van der Waals surface area contributed by atoms with Crippen molar-refractivity contribution in [1.29, 1.82) is 0 Å². The zero-order valence-electron chi connectivity index (χ0n) is 13.4. The molecule has 0 aromatic heterocycles. The molecule has 0 aliphatic carbocycles. The van der Waals surface area contributed by atoms with Gasteiger partial charge in [-0.05, 0) is 18.4 Å². The van der Waals surface area contributed by atoms with Gasteiger partial charge in [0.25, 0.3) is 0 Å². The number of benzene rings is 2. The van der Waals surface area contributed by atoms with Crippen LogP contribution in [0.3, 0.4) is 0 Å². The van der Waals surface area contributed by atoms with Crippen molar-refractivity contribution in [2.24, 2.45) is 0 Å². The number of unbranched alkanes of at least 4 members (excludes halogenated alkanes) is 1. The Morgan fingerprint density at radius 1 is 0.739 bits per heavy atom. The summed E-state index contributed by atoms with van der Waals surface area (Å²) < 4.78 is 0. The minimum atomic E-state index is -0.0447. The summed E-state index contributed by atoms with van der Waals surface area (Å²) in [7, 11) is 0. The molecule has 2 aromatic carbocycles. The first-order valence-corrected chi connectivity index (χ1v) is 8.15. The molecule has 0 amide bonds. The smallest absolute Gasteiger partial charge is 0.248 e. The minimum absolute atomic E-state index is 0.0447. The lowest BCUT2D eigenvalue weighted by atomic mass is 9.98. The molecule has 2 aromatic rings. The molecule has 0 saturated heterocycles. The molecule has 0 bridgehead atoms. The van der Waals surface area contributed by atoms with E-state index in [1.807, 2.05) is 48.5 Å². The molecule has 0 saturated carbocycles. The van der Waals surface area contributed by atoms with E-state index in [1.54, 1.807) is 0 Å². The number of hydrogen-bond donors (Lipinski definition) is 0. The fourth-order valence-electron chi connectivity index (χ4n) is 2.80. The molecule has 23 heavy (non-hydrogen) atoms. The van der Waals surface area contributed by atoms with E-state index in [4.69, 9.17) is 13.1 Å². The highest BCUT2D eigenvalue weighted by Crippen LogP contribution is 2.24. The first-order valence-electron chi connectivity index (χ1n) is 8.15. The number of rotatable bonds is 8. The summed E-state index contributed by atoms with van der Waals surface area (Å²) >= 11 is 0. The molecule has 2 nitrogen and oxygen atoms in total. The topological polar surface area (TPSA) is 8.72 Å². The summed E-state index contributed by atoms with van der Waals surface area (Å²) in [5.74, 6) is 0. The van der Waals surface area contributed by atoms with E-state index in [9.17, 15) is 0 Å². The standard InChI is InChI=1S/C21H22N2/c1-22-20(17-18-11-5-3-6-12-18)15-9-10-16-21(23-2)19-13-7-4-8-14-19/h3-8,11-14,20-21H,9-10,15-17H2. The monoisotopic (exact) mass is 302 g/mol. The molecule has 2 heteroatoms. The van der Waals surface area contributed by atoms with Gasteiger partial charge in [0.15, 0.2) is 0 Å². The SMILES string of the molecule is [C-]#[N+]C(CCCCC([N+]#[C-])c1ccccc1)Cc1ccccc1. The lowest BCUT2D eigenvalue weighted by Crippen LogP contribution is -2.06. The normalized spacial score (nSPS) is 12.8. The van der Waals surface area contributed by atoms with Gasteiger partial charge < -0.3 is 9.69 Å². The van der Waals surface area contributed by atoms with Crippen molar-refractivity contribution in [1.82, 2.24) is 0 Å². The van der Waals surface area contributed by atoms with E-state index < -0.39 is 0 Å². The second kappa shape index (κ2) is 9.44. The van der Waals surface area contributed by atoms with Gasteiger partial charge in [0.05, 0.1) is 0 Å². The lowest BCUT2D eigenvalue weighted by Gasteiger charge is -2.08. The summed E-state index contributed by atoms with van der Waals surface area (Å²) in [5, 5.41) is 0. The number of nitrogens with zero attached hydrogens (tertiary/aromatic N) is 2. The van der Waals surface area contributed by atoms with Crippen LogP contribution in [-0.4, -0.2) is 6.04 Å². The average Bonchev–Trinajstić information content (AvgIpc) is 2.62. The van der Waals surface area contributed by atoms with Gasteiger partial charge in [0.2, 0.25) is 12.1 Å². The van der Waals surface area contributed by atoms with Gasteiger partial charge in [-0.15, -0.1) is 0 Å². The molecule has 116 valence electrons. The molecule has 0 aliphatic rings. The van der Waals surface area contributed by atoms with Crippen LogP contribution in [0.2, 0.25) is 0 Å². The van der Waals surface area contributed by atoms with E-state index in [-0.39, 0.29) is 12.1 Å². The Balaban J connectivity index is 1.75. The maximum absolute atomic E-state index is 7.38. The van der Waals surface area contributed by atoms with Crippen LogP contribution >= 0.6 is 0 Å². The summed E-state index contributed by atoms with van der Waals surface area (Å²) in [6.45, 7) is 14.8. The lowest BCUT2D eigenvalue weighted by molar-refractivity contribution is 0.572. The minimum Gasteiger partial charge on any atom is -0.313 e. The molecule has 0 aliphatic heterocycles. The van der Waals surface area contributed by atoms with Crippen molar-refractivity contribution >= 4 is 0 Å². The van der Waals surface area contributed by atoms with Crippen molar-refractivity contribution in [2.45, 2.75) is 44.2 Å². The highest BCUT2D eigenvalue weighted by molar-refractivity contribution is 5.21. The fraction of sp³-hybridized carbons (Fsp3) is 0.333. The van der Waals surface area contributed by atoms with Crippen LogP contribution in [0.4, 0.5) is 0 Å². The Labute approximate surface area is 139 Å². The second-order valence-corrected chi connectivity index (χ2v) is 5.81. The van der Waals surface area contributed by atoms with Crippen LogP contribution in [0.5, 0.6) is 0 Å². The average molecular weight is 302 g/mol. The van der Waals surface area contributed by atoms with Crippen LogP contribution < -0.4 is 0 Å². The molecular weight excluding hydrogens is 280 g/mol. The first-order chi connectivity index (χ1) is 11.3. The molecule has 0 heterocycles. The third-order valence-electron chi connectivity index (χ3n) is 4.10. The van der Waals surface area contributed by atoms with Gasteiger partial charge in [-0.3, -0.25) is 0 Å². The van der Waals surface area contributed by atoms with E-state index in [0.717, 1.165) is 37.7 Å². The van der Waals surface area contributed by atoms with Gasteiger partial charge >= 0.3 is 0 Å². The highest BCUT2D eigenvalue weighted by Gasteiger charge is 2.17. The van der Waals surface area contributed by atoms with Crippen LogP contribution in [0.25, 0.3) is 9.69 Å². The predicted octanol–water partition coefficient (Wildman–Crippen LogP) is 5.74. The molecule has 2 rings (SSSR count). The van der Waals surface area contributed by atoms with E-state index in [0.29, 0.717) is 0 Å². The second-order valence-electron chi connectivity index (χ2n) is 5.81. The molecule has 0 radical (unpaired) electrons. The first kappa shape index (κ1) is 16.8. The van der Waals surface area contributed by atoms with Gasteiger partial charge in [0.1, 0.15) is 0 Å². The molecule has 2 atom stereocenters. The Hall–Kier alpha value is -2.58. The molecule has 0 fully saturated rings. The molecule has 0 N–H and O–H groups in total. The van der Waals surface area contributed by atoms with Crippen molar-refractivity contribution in [3.63, 3.8) is 0 Å². The Morgan fingerprint density at radius 2 is 1.35 bits per heavy atom. The molecule has 0 spiro atoms. The maximum atomic E-state index is 7.38. The van der Waals surface area contributed by atoms with Crippen molar-refractivity contribution < 1.29 is 0 Å². The predicted molar refractivity (Wildman–Crippen MR) is 94.8 cm³/mol.